The number of aromatic hydroxyl groups is 1. The van der Waals surface area contributed by atoms with Crippen LogP contribution in [0.4, 0.5) is 0 Å². The zero-order valence-electron chi connectivity index (χ0n) is 52.7. The average molecular weight is 1220 g/mol. The van der Waals surface area contributed by atoms with Crippen molar-refractivity contribution < 1.29 is 29.6 Å². The van der Waals surface area contributed by atoms with E-state index < -0.39 is 18.9 Å². The fourth-order valence-electron chi connectivity index (χ4n) is 21.2. The number of phenols is 1. The van der Waals surface area contributed by atoms with Crippen molar-refractivity contribution in [2.75, 3.05) is 33.4 Å². The molecule has 17 rings (SSSR count). The molecule has 14 aliphatic rings. The molecule has 14 heteroatoms. The molecule has 1 saturated heterocycles. The van der Waals surface area contributed by atoms with Crippen LogP contribution in [0.1, 0.15) is 137 Å². The van der Waals surface area contributed by atoms with E-state index in [9.17, 15) is 24.9 Å². The number of benzene rings is 3. The van der Waals surface area contributed by atoms with Gasteiger partial charge in [-0.2, -0.15) is 4.99 Å². The second-order valence-corrected chi connectivity index (χ2v) is 29.4. The van der Waals surface area contributed by atoms with Gasteiger partial charge in [0.2, 0.25) is 5.96 Å². The number of nitrogens with one attached hydrogen (secondary N) is 5. The summed E-state index contributed by atoms with van der Waals surface area (Å²) in [6.07, 6.45) is 27.2. The number of dihydropyridines is 1. The van der Waals surface area contributed by atoms with Gasteiger partial charge in [0.05, 0.1) is 38.4 Å². The predicted molar refractivity (Wildman–Crippen MR) is 353 cm³/mol. The molecular formula is C76H96N8O6. The minimum Gasteiger partial charge on any atom is -0.504 e. The number of hydrogen-bond acceptors (Lipinski definition) is 14. The summed E-state index contributed by atoms with van der Waals surface area (Å²) in [6.45, 7) is 2.57. The van der Waals surface area contributed by atoms with Crippen LogP contribution in [0.25, 0.3) is 5.57 Å². The van der Waals surface area contributed by atoms with Gasteiger partial charge >= 0.3 is 0 Å². The van der Waals surface area contributed by atoms with Crippen LogP contribution in [0.15, 0.2) is 125 Å². The number of carbonyl (C=O) groups excluding carboxylic acids is 2. The van der Waals surface area contributed by atoms with Crippen LogP contribution >= 0.6 is 0 Å². The van der Waals surface area contributed by atoms with Crippen molar-refractivity contribution in [1.82, 2.24) is 26.6 Å². The molecule has 0 amide bonds. The van der Waals surface area contributed by atoms with E-state index in [1.807, 2.05) is 12.3 Å². The first-order chi connectivity index (χ1) is 43.8. The SMILES string of the molecule is COc1cc2c(cc1O)CC1=CNC(N)C=C1[C@@H](Cc1cccc(CCc3ccccc3)c1)CC#CN=C(N)N[C@@H]1CC3=C4CCC[C@@H](O)[C@@H]4N[C@@H]4C[C@]5(C[C@@H]6[C@@H]7CCNC[C@@H]7C[C@@H]7C=CCN[C@@H]67)C[C@@H](CC[C@H]5[C@@]45CC[C@H](C1)[C@H]35)CC(=O)CC(=O)/C=C/2CO. The molecule has 7 fully saturated rings. The van der Waals surface area contributed by atoms with E-state index in [-0.39, 0.29) is 70.3 Å². The van der Waals surface area contributed by atoms with E-state index in [1.54, 1.807) is 17.7 Å². The molecule has 476 valence electrons. The second-order valence-electron chi connectivity index (χ2n) is 29.4. The first-order valence-electron chi connectivity index (χ1n) is 34.5. The number of allylic oxidation sites excluding steroid dienone is 3. The summed E-state index contributed by atoms with van der Waals surface area (Å²) in [4.78, 5) is 34.1. The monoisotopic (exact) mass is 1220 g/mol. The zero-order valence-corrected chi connectivity index (χ0v) is 52.7. The molecule has 8 aliphatic heterocycles. The molecule has 17 atom stereocenters. The Kier molecular flexibility index (Phi) is 17.7. The number of rotatable bonds is 9. The van der Waals surface area contributed by atoms with Gasteiger partial charge in [-0.15, -0.1) is 0 Å². The summed E-state index contributed by atoms with van der Waals surface area (Å²) in [7, 11) is 1.49. The standard InChI is InChI=1S/C76H96N8O6/c1-90-67-37-61-52(34-66(67)89)31-54-43-82-70(77)38-62(54)49(28-47-12-5-11-46(27-47)18-17-45-9-3-2-4-10-45)13-7-25-81-74(78)83-56-32-50-21-23-76-68-20-19-48(29-57(86)36-58(87)33-55(61)44-85)39-75(68,40-64-59-22-26-79-42-53(59)30-51-14-8-24-80-72(51)64)41-69(76)84-73-60(15-6-16-65(73)88)63(35-56)71(50)76/h2-5,8-12,14,27,33-34,37-38,43,48-51,53,56,59,64-65,68-73,79-80,82,84-85,88-89H,6,13,15-24,26,28-32,35-36,39-42,44,77H2,1H3,(H3,78,81,83)/b55-33+/t48-,49+,50+,51-,53-,56-,59+,64+,65+,68+,69+,70?,71+,72+,73+,75+,76-/m0/s1. The zero-order chi connectivity index (χ0) is 61.7. The van der Waals surface area contributed by atoms with Gasteiger partial charge in [-0.1, -0.05) is 83.8 Å². The third kappa shape index (κ3) is 12.0. The topological polar surface area (TPSA) is 229 Å². The summed E-state index contributed by atoms with van der Waals surface area (Å²) in [5, 5.41) is 54.4. The maximum Gasteiger partial charge on any atom is 0.202 e. The minimum atomic E-state index is -0.483. The third-order valence-corrected chi connectivity index (χ3v) is 24.5. The first-order valence-corrected chi connectivity index (χ1v) is 34.5. The van der Waals surface area contributed by atoms with Crippen LogP contribution in [0.2, 0.25) is 0 Å². The van der Waals surface area contributed by atoms with Gasteiger partial charge in [-0.05, 0) is 262 Å². The van der Waals surface area contributed by atoms with E-state index in [1.165, 1.54) is 42.7 Å². The normalized spacial score (nSPS) is 37.1. The molecule has 12 N–H and O–H groups in total. The predicted octanol–water partition coefficient (Wildman–Crippen LogP) is 8.79. The van der Waals surface area contributed by atoms with Gasteiger partial charge in [0.15, 0.2) is 17.3 Å². The fourth-order valence-corrected chi connectivity index (χ4v) is 21.2. The highest BCUT2D eigenvalue weighted by atomic mass is 16.5. The lowest BCUT2D eigenvalue weighted by molar-refractivity contribution is -0.126. The summed E-state index contributed by atoms with van der Waals surface area (Å²) in [5.41, 5.74) is 23.9. The molecule has 8 heterocycles. The maximum atomic E-state index is 14.8. The summed E-state index contributed by atoms with van der Waals surface area (Å²) in [5.74, 6) is 7.08. The lowest BCUT2D eigenvalue weighted by Gasteiger charge is -2.56. The Hall–Kier alpha value is -6.31. The highest BCUT2D eigenvalue weighted by molar-refractivity contribution is 6.08. The molecular weight excluding hydrogens is 1120 g/mol. The molecule has 6 aliphatic carbocycles. The Bertz CT molecular complexity index is 3470. The molecule has 6 saturated carbocycles. The maximum absolute atomic E-state index is 14.8. The highest BCUT2D eigenvalue weighted by Crippen LogP contribution is 2.75. The molecule has 8 bridgehead atoms. The van der Waals surface area contributed by atoms with E-state index in [4.69, 9.17) is 21.2 Å². The smallest absolute Gasteiger partial charge is 0.202 e. The Morgan fingerprint density at radius 1 is 0.911 bits per heavy atom. The van der Waals surface area contributed by atoms with E-state index >= 15 is 0 Å². The van der Waals surface area contributed by atoms with Crippen molar-refractivity contribution in [2.45, 2.75) is 171 Å². The number of carbonyl (C=O) groups is 2. The largest absolute Gasteiger partial charge is 0.504 e. The number of guanidine groups is 1. The van der Waals surface area contributed by atoms with Crippen molar-refractivity contribution in [1.29, 1.82) is 0 Å². The van der Waals surface area contributed by atoms with Gasteiger partial charge in [-0.25, -0.2) is 0 Å². The Labute approximate surface area is 532 Å². The third-order valence-electron chi connectivity index (χ3n) is 24.5. The molecule has 14 nitrogen and oxygen atoms in total. The van der Waals surface area contributed by atoms with Crippen LogP contribution in [0.5, 0.6) is 11.5 Å². The molecule has 0 aromatic heterocycles. The molecule has 3 aromatic rings. The van der Waals surface area contributed by atoms with Crippen molar-refractivity contribution in [2.24, 2.45) is 80.6 Å². The Morgan fingerprint density at radius 3 is 2.63 bits per heavy atom. The number of piperidine rings is 1. The van der Waals surface area contributed by atoms with Crippen LogP contribution in [0, 0.1) is 76.1 Å². The number of aliphatic hydroxyl groups excluding tert-OH is 2. The van der Waals surface area contributed by atoms with Crippen molar-refractivity contribution >= 4 is 23.1 Å². The summed E-state index contributed by atoms with van der Waals surface area (Å²) in [6, 6.07) is 26.5. The van der Waals surface area contributed by atoms with Gasteiger partial charge in [-0.3, -0.25) is 9.59 Å². The van der Waals surface area contributed by atoms with Crippen LogP contribution < -0.4 is 42.8 Å². The number of Topliss-reactive ketones (excluding diaryl/α,β-unsaturated/α-hetero) is 1. The number of ether oxygens (including phenoxy) is 1. The quantitative estimate of drug-likeness (QED) is 0.0550. The van der Waals surface area contributed by atoms with Crippen molar-refractivity contribution in [3.05, 3.63) is 147 Å². The number of phenolic OH excluding ortho intramolecular Hbond substituents is 1. The van der Waals surface area contributed by atoms with Crippen LogP contribution in [0.3, 0.4) is 0 Å². The number of fused-ring (bicyclic) bond motifs is 3. The van der Waals surface area contributed by atoms with Gasteiger partial charge in [0, 0.05) is 49.8 Å². The molecule has 90 heavy (non-hydrogen) atoms. The highest BCUT2D eigenvalue weighted by Gasteiger charge is 2.71. The van der Waals surface area contributed by atoms with Crippen molar-refractivity contribution in [3.63, 3.8) is 0 Å². The first kappa shape index (κ1) is 61.2. The number of aryl methyl sites for hydroxylation is 2. The number of ketones is 2. The van der Waals surface area contributed by atoms with Crippen LogP contribution in [-0.2, 0) is 35.3 Å². The number of hydrogen-bond donors (Lipinski definition) is 10. The summed E-state index contributed by atoms with van der Waals surface area (Å²) < 4.78 is 5.68. The lowest BCUT2D eigenvalue weighted by Crippen LogP contribution is -2.57. The number of aliphatic hydroxyl groups is 2. The molecule has 0 radical (unpaired) electrons. The Balaban J connectivity index is 0.842. The lowest BCUT2D eigenvalue weighted by atomic mass is 9.50. The molecule has 1 spiro atoms. The van der Waals surface area contributed by atoms with E-state index in [0.29, 0.717) is 95.8 Å². The van der Waals surface area contributed by atoms with Crippen LogP contribution in [-0.4, -0.2) is 103 Å². The minimum absolute atomic E-state index is 0.0142. The van der Waals surface area contributed by atoms with Gasteiger partial charge < -0.3 is 58.1 Å². The van der Waals surface area contributed by atoms with Crippen molar-refractivity contribution in [3.8, 4) is 23.5 Å². The number of methoxy groups -OCH3 is 1. The number of aliphatic imine (C=N–C) groups is 1. The summed E-state index contributed by atoms with van der Waals surface area (Å²) >= 11 is 0. The van der Waals surface area contributed by atoms with Gasteiger partial charge in [0.1, 0.15) is 5.78 Å². The molecule has 3 aromatic carbocycles. The average Bonchev–Trinajstić information content (AvgIpc) is 1.51. The molecule has 1 unspecified atom stereocenters. The Morgan fingerprint density at radius 2 is 1.77 bits per heavy atom. The van der Waals surface area contributed by atoms with E-state index in [2.05, 4.69) is 105 Å². The second kappa shape index (κ2) is 26.0. The van der Waals surface area contributed by atoms with E-state index in [0.717, 1.165) is 126 Å². The number of nitrogens with zero attached hydrogens (tertiary/aromatic N) is 1. The fraction of sp³-hybridized carbons (Fsp3) is 0.566. The van der Waals surface area contributed by atoms with Gasteiger partial charge in [0.25, 0.3) is 0 Å². The number of nitrogens with two attached hydrogens (primary N) is 2.